The Labute approximate surface area is 147 Å². The Morgan fingerprint density at radius 3 is 2.79 bits per heavy atom. The summed E-state index contributed by atoms with van der Waals surface area (Å²) in [5.74, 6) is 1.88. The second-order valence-corrected chi connectivity index (χ2v) is 7.31. The minimum absolute atomic E-state index is 0.0601. The molecule has 4 nitrogen and oxygen atoms in total. The van der Waals surface area contributed by atoms with Crippen LogP contribution in [0.2, 0.25) is 5.02 Å². The zero-order chi connectivity index (χ0) is 17.1. The van der Waals surface area contributed by atoms with Gasteiger partial charge in [-0.2, -0.15) is 5.26 Å². The first-order valence-corrected chi connectivity index (χ1v) is 8.88. The molecule has 3 rings (SSSR count). The van der Waals surface area contributed by atoms with Crippen molar-refractivity contribution in [1.82, 2.24) is 5.32 Å². The highest BCUT2D eigenvalue weighted by Crippen LogP contribution is 2.49. The van der Waals surface area contributed by atoms with Crippen molar-refractivity contribution < 1.29 is 4.79 Å². The smallest absolute Gasteiger partial charge is 0.267 e. The van der Waals surface area contributed by atoms with E-state index >= 15 is 0 Å². The number of nitrogens with zero attached hydrogens (tertiary/aromatic N) is 1. The lowest BCUT2D eigenvalue weighted by Gasteiger charge is -2.28. The van der Waals surface area contributed by atoms with Gasteiger partial charge in [-0.25, -0.2) is 0 Å². The number of carbonyl (C=O) groups is 1. The molecule has 126 valence electrons. The van der Waals surface area contributed by atoms with Gasteiger partial charge in [-0.15, -0.1) is 0 Å². The number of hydrogen-bond acceptors (Lipinski definition) is 3. The first kappa shape index (κ1) is 16.9. The number of halogens is 1. The molecular formula is C19H22ClN3O. The molecule has 0 heterocycles. The second kappa shape index (κ2) is 7.27. The molecule has 0 radical (unpaired) electrons. The zero-order valence-corrected chi connectivity index (χ0v) is 14.5. The number of benzene rings is 1. The summed E-state index contributed by atoms with van der Waals surface area (Å²) < 4.78 is 0. The third-order valence-corrected chi connectivity index (χ3v) is 5.74. The van der Waals surface area contributed by atoms with Crippen LogP contribution in [-0.4, -0.2) is 11.9 Å². The number of hydrogen-bond donors (Lipinski definition) is 2. The molecule has 0 aliphatic heterocycles. The highest BCUT2D eigenvalue weighted by atomic mass is 35.5. The summed E-state index contributed by atoms with van der Waals surface area (Å²) in [4.78, 5) is 12.3. The number of rotatable bonds is 5. The number of carbonyl (C=O) groups excluding carboxylic acids is 1. The second-order valence-electron chi connectivity index (χ2n) is 6.90. The maximum absolute atomic E-state index is 12.3. The van der Waals surface area contributed by atoms with Crippen molar-refractivity contribution in [3.63, 3.8) is 0 Å². The maximum atomic E-state index is 12.3. The van der Waals surface area contributed by atoms with Crippen LogP contribution in [0.3, 0.4) is 0 Å². The predicted octanol–water partition coefficient (Wildman–Crippen LogP) is 4.10. The Morgan fingerprint density at radius 2 is 2.17 bits per heavy atom. The van der Waals surface area contributed by atoms with Gasteiger partial charge in [-0.05, 0) is 56.1 Å². The van der Waals surface area contributed by atoms with E-state index in [9.17, 15) is 10.1 Å². The predicted molar refractivity (Wildman–Crippen MR) is 95.3 cm³/mol. The highest BCUT2D eigenvalue weighted by molar-refractivity contribution is 6.33. The summed E-state index contributed by atoms with van der Waals surface area (Å²) in [5.41, 5.74) is 0.566. The molecule has 2 saturated carbocycles. The monoisotopic (exact) mass is 343 g/mol. The molecular weight excluding hydrogens is 322 g/mol. The molecule has 2 N–H and O–H groups in total. The van der Waals surface area contributed by atoms with E-state index in [0.29, 0.717) is 16.6 Å². The van der Waals surface area contributed by atoms with Crippen molar-refractivity contribution in [2.24, 2.45) is 17.8 Å². The largest absolute Gasteiger partial charge is 0.387 e. The molecule has 1 amide bonds. The van der Waals surface area contributed by atoms with Gasteiger partial charge in [0.15, 0.2) is 0 Å². The molecule has 4 unspecified atom stereocenters. The molecule has 2 aliphatic rings. The van der Waals surface area contributed by atoms with Gasteiger partial charge in [0, 0.05) is 12.2 Å². The minimum Gasteiger partial charge on any atom is -0.387 e. The number of fused-ring (bicyclic) bond motifs is 2. The SMILES string of the molecule is CC(N/C=C(/C#N)C(=O)Nc1ccccc1Cl)C1CC2CCC1C2. The number of amides is 1. The number of nitriles is 1. The van der Waals surface area contributed by atoms with E-state index in [1.165, 1.54) is 25.7 Å². The molecule has 1 aromatic rings. The van der Waals surface area contributed by atoms with Crippen LogP contribution in [0.5, 0.6) is 0 Å². The number of nitrogens with one attached hydrogen (secondary N) is 2. The normalized spacial score (nSPS) is 26.7. The molecule has 0 aromatic heterocycles. The summed E-state index contributed by atoms with van der Waals surface area (Å²) >= 11 is 6.03. The summed E-state index contributed by atoms with van der Waals surface area (Å²) in [5, 5.41) is 15.7. The summed E-state index contributed by atoms with van der Waals surface area (Å²) in [6.07, 6.45) is 6.85. The zero-order valence-electron chi connectivity index (χ0n) is 13.8. The fourth-order valence-corrected chi connectivity index (χ4v) is 4.33. The molecule has 0 spiro atoms. The lowest BCUT2D eigenvalue weighted by molar-refractivity contribution is -0.112. The van der Waals surface area contributed by atoms with E-state index < -0.39 is 5.91 Å². The van der Waals surface area contributed by atoms with Gasteiger partial charge in [-0.1, -0.05) is 30.2 Å². The first-order chi connectivity index (χ1) is 11.6. The topological polar surface area (TPSA) is 64.9 Å². The Hall–Kier alpha value is -1.99. The average molecular weight is 344 g/mol. The van der Waals surface area contributed by atoms with E-state index in [-0.39, 0.29) is 11.6 Å². The van der Waals surface area contributed by atoms with Crippen LogP contribution in [0, 0.1) is 29.1 Å². The molecule has 0 saturated heterocycles. The standard InChI is InChI=1S/C19H22ClN3O/c1-12(16-9-13-6-7-14(16)8-13)22-11-15(10-21)19(24)23-18-5-3-2-4-17(18)20/h2-5,11-14,16,22H,6-9H2,1H3,(H,23,24)/b15-11-. The van der Waals surface area contributed by atoms with Crippen LogP contribution >= 0.6 is 11.6 Å². The molecule has 2 fully saturated rings. The molecule has 24 heavy (non-hydrogen) atoms. The minimum atomic E-state index is -0.446. The Bertz CT molecular complexity index is 694. The van der Waals surface area contributed by atoms with Gasteiger partial charge in [0.25, 0.3) is 5.91 Å². The molecule has 5 heteroatoms. The van der Waals surface area contributed by atoms with Gasteiger partial charge in [0.1, 0.15) is 11.6 Å². The lowest BCUT2D eigenvalue weighted by Crippen LogP contribution is -2.34. The van der Waals surface area contributed by atoms with Crippen molar-refractivity contribution in [2.75, 3.05) is 5.32 Å². The fourth-order valence-electron chi connectivity index (χ4n) is 4.15. The molecule has 1 aromatic carbocycles. The third kappa shape index (κ3) is 3.57. The fraction of sp³-hybridized carbons (Fsp3) is 0.474. The van der Waals surface area contributed by atoms with Gasteiger partial charge >= 0.3 is 0 Å². The van der Waals surface area contributed by atoms with Crippen LogP contribution in [0.1, 0.15) is 32.6 Å². The quantitative estimate of drug-likeness (QED) is 0.625. The van der Waals surface area contributed by atoms with Crippen LogP contribution in [-0.2, 0) is 4.79 Å². The Balaban J connectivity index is 1.61. The van der Waals surface area contributed by atoms with Crippen molar-refractivity contribution in [1.29, 1.82) is 5.26 Å². The van der Waals surface area contributed by atoms with Crippen molar-refractivity contribution in [3.05, 3.63) is 41.1 Å². The molecule has 4 atom stereocenters. The Morgan fingerprint density at radius 1 is 1.38 bits per heavy atom. The van der Waals surface area contributed by atoms with E-state index in [0.717, 1.165) is 11.8 Å². The van der Waals surface area contributed by atoms with E-state index in [4.69, 9.17) is 11.6 Å². The van der Waals surface area contributed by atoms with Crippen LogP contribution in [0.25, 0.3) is 0 Å². The lowest BCUT2D eigenvalue weighted by atomic mass is 9.84. The maximum Gasteiger partial charge on any atom is 0.267 e. The summed E-state index contributed by atoms with van der Waals surface area (Å²) in [7, 11) is 0. The van der Waals surface area contributed by atoms with Crippen molar-refractivity contribution in [2.45, 2.75) is 38.6 Å². The van der Waals surface area contributed by atoms with Gasteiger partial charge in [0.05, 0.1) is 10.7 Å². The highest BCUT2D eigenvalue weighted by Gasteiger charge is 2.41. The number of para-hydroxylation sites is 1. The third-order valence-electron chi connectivity index (χ3n) is 5.41. The molecule has 2 aliphatic carbocycles. The number of anilines is 1. The summed E-state index contributed by atoms with van der Waals surface area (Å²) in [6, 6.07) is 9.22. The van der Waals surface area contributed by atoms with Gasteiger partial charge < -0.3 is 10.6 Å². The first-order valence-electron chi connectivity index (χ1n) is 8.50. The van der Waals surface area contributed by atoms with Crippen molar-refractivity contribution in [3.8, 4) is 6.07 Å². The van der Waals surface area contributed by atoms with E-state index in [1.807, 2.05) is 6.07 Å². The van der Waals surface area contributed by atoms with Gasteiger partial charge in [-0.3, -0.25) is 4.79 Å². The van der Waals surface area contributed by atoms with E-state index in [2.05, 4.69) is 17.6 Å². The van der Waals surface area contributed by atoms with Crippen molar-refractivity contribution >= 4 is 23.2 Å². The van der Waals surface area contributed by atoms with Gasteiger partial charge in [0.2, 0.25) is 0 Å². The van der Waals surface area contributed by atoms with Crippen LogP contribution < -0.4 is 10.6 Å². The summed E-state index contributed by atoms with van der Waals surface area (Å²) in [6.45, 7) is 2.14. The van der Waals surface area contributed by atoms with Crippen LogP contribution in [0.15, 0.2) is 36.0 Å². The van der Waals surface area contributed by atoms with E-state index in [1.54, 1.807) is 30.5 Å². The average Bonchev–Trinajstić information content (AvgIpc) is 3.20. The van der Waals surface area contributed by atoms with Crippen LogP contribution in [0.4, 0.5) is 5.69 Å². The molecule has 2 bridgehead atoms. The Kier molecular flexibility index (Phi) is 5.11.